The van der Waals surface area contributed by atoms with Gasteiger partial charge in [0.05, 0.1) is 28.3 Å². The molecule has 1 saturated heterocycles. The predicted octanol–water partition coefficient (Wildman–Crippen LogP) is 4.54. The molecule has 0 saturated carbocycles. The molecule has 9 heteroatoms. The van der Waals surface area contributed by atoms with E-state index < -0.39 is 5.54 Å². The number of carbonyl (C=O) groups is 2. The highest BCUT2D eigenvalue weighted by Gasteiger charge is 2.41. The molecule has 36 heavy (non-hydrogen) atoms. The zero-order valence-electron chi connectivity index (χ0n) is 22.1. The van der Waals surface area contributed by atoms with Crippen LogP contribution < -0.4 is 10.2 Å². The number of hydrogen-bond donors (Lipinski definition) is 1. The molecule has 1 N–H and O–H groups in total. The summed E-state index contributed by atoms with van der Waals surface area (Å²) >= 11 is 1.45. The first-order valence-electron chi connectivity index (χ1n) is 12.6. The fourth-order valence-corrected chi connectivity index (χ4v) is 5.89. The van der Waals surface area contributed by atoms with Crippen molar-refractivity contribution >= 4 is 29.4 Å². The van der Waals surface area contributed by atoms with Crippen LogP contribution in [0.5, 0.6) is 0 Å². The molecule has 1 fully saturated rings. The average Bonchev–Trinajstić information content (AvgIpc) is 3.41. The number of aromatic nitrogens is 2. The number of halogens is 1. The second kappa shape index (κ2) is 10.2. The van der Waals surface area contributed by atoms with Crippen molar-refractivity contribution in [3.63, 3.8) is 0 Å². The SMILES string of the molecule is CC(C)(C)c1nn(C(C)(C)C)c2c1C(c1cccc(F)c1)SCC(=O)N2CC(=O)NCC1CCCO1. The first kappa shape index (κ1) is 26.7. The van der Waals surface area contributed by atoms with Gasteiger partial charge in [-0.3, -0.25) is 14.5 Å². The lowest BCUT2D eigenvalue weighted by molar-refractivity contribution is -0.123. The number of fused-ring (bicyclic) bond motifs is 1. The van der Waals surface area contributed by atoms with E-state index in [1.807, 2.05) is 31.5 Å². The highest BCUT2D eigenvalue weighted by Crippen LogP contribution is 2.48. The van der Waals surface area contributed by atoms with Crippen LogP contribution in [0.1, 0.15) is 76.5 Å². The van der Waals surface area contributed by atoms with Gasteiger partial charge in [-0.15, -0.1) is 11.8 Å². The third-order valence-electron chi connectivity index (χ3n) is 6.44. The van der Waals surface area contributed by atoms with Crippen LogP contribution in [-0.4, -0.2) is 53.1 Å². The van der Waals surface area contributed by atoms with Gasteiger partial charge in [-0.25, -0.2) is 9.07 Å². The second-order valence-electron chi connectivity index (χ2n) is 11.6. The molecule has 196 valence electrons. The minimum atomic E-state index is -0.457. The van der Waals surface area contributed by atoms with Crippen molar-refractivity contribution in [3.8, 4) is 0 Å². The predicted molar refractivity (Wildman–Crippen MR) is 141 cm³/mol. The Kier molecular flexibility index (Phi) is 7.53. The number of nitrogens with zero attached hydrogens (tertiary/aromatic N) is 3. The minimum Gasteiger partial charge on any atom is -0.376 e. The molecule has 2 aliphatic heterocycles. The quantitative estimate of drug-likeness (QED) is 0.632. The van der Waals surface area contributed by atoms with Gasteiger partial charge in [0.15, 0.2) is 0 Å². The topological polar surface area (TPSA) is 76.5 Å². The Labute approximate surface area is 217 Å². The molecule has 4 rings (SSSR count). The summed E-state index contributed by atoms with van der Waals surface area (Å²) in [6.45, 7) is 13.4. The average molecular weight is 517 g/mol. The number of thioether (sulfide) groups is 1. The molecular formula is C27H37FN4O3S. The number of carbonyl (C=O) groups excluding carboxylic acids is 2. The van der Waals surface area contributed by atoms with E-state index in [0.29, 0.717) is 19.0 Å². The van der Waals surface area contributed by atoms with Crippen LogP contribution in [-0.2, 0) is 25.3 Å². The lowest BCUT2D eigenvalue weighted by Crippen LogP contribution is -2.45. The van der Waals surface area contributed by atoms with Crippen molar-refractivity contribution < 1.29 is 18.7 Å². The largest absolute Gasteiger partial charge is 0.376 e. The van der Waals surface area contributed by atoms with Crippen LogP contribution in [0.25, 0.3) is 0 Å². The highest BCUT2D eigenvalue weighted by molar-refractivity contribution is 8.00. The monoisotopic (exact) mass is 516 g/mol. The first-order chi connectivity index (χ1) is 16.9. The number of amides is 2. The van der Waals surface area contributed by atoms with Crippen molar-refractivity contribution in [2.45, 2.75) is 76.7 Å². The van der Waals surface area contributed by atoms with Crippen LogP contribution in [0.4, 0.5) is 10.2 Å². The summed E-state index contributed by atoms with van der Waals surface area (Å²) in [5.41, 5.74) is 1.69. The van der Waals surface area contributed by atoms with Gasteiger partial charge in [0.25, 0.3) is 0 Å². The van der Waals surface area contributed by atoms with Crippen LogP contribution in [0.15, 0.2) is 24.3 Å². The maximum absolute atomic E-state index is 14.3. The van der Waals surface area contributed by atoms with E-state index in [2.05, 4.69) is 26.1 Å². The molecular weight excluding hydrogens is 479 g/mol. The summed E-state index contributed by atoms with van der Waals surface area (Å²) in [7, 11) is 0. The van der Waals surface area contributed by atoms with E-state index in [1.54, 1.807) is 11.0 Å². The van der Waals surface area contributed by atoms with E-state index in [9.17, 15) is 14.0 Å². The van der Waals surface area contributed by atoms with Crippen LogP contribution >= 0.6 is 11.8 Å². The van der Waals surface area contributed by atoms with Crippen LogP contribution in [0.3, 0.4) is 0 Å². The lowest BCUT2D eigenvalue weighted by Gasteiger charge is -2.29. The number of nitrogens with one attached hydrogen (secondary N) is 1. The number of benzene rings is 1. The second-order valence-corrected chi connectivity index (χ2v) is 12.7. The molecule has 2 unspecified atom stereocenters. The molecule has 0 spiro atoms. The van der Waals surface area contributed by atoms with Crippen LogP contribution in [0, 0.1) is 5.82 Å². The zero-order valence-corrected chi connectivity index (χ0v) is 22.9. The van der Waals surface area contributed by atoms with E-state index in [4.69, 9.17) is 9.84 Å². The number of anilines is 1. The summed E-state index contributed by atoms with van der Waals surface area (Å²) in [4.78, 5) is 28.2. The number of hydrogen-bond acceptors (Lipinski definition) is 5. The summed E-state index contributed by atoms with van der Waals surface area (Å²) in [6.07, 6.45) is 1.93. The van der Waals surface area contributed by atoms with E-state index >= 15 is 0 Å². The first-order valence-corrected chi connectivity index (χ1v) is 13.6. The van der Waals surface area contributed by atoms with Gasteiger partial charge in [-0.05, 0) is 51.3 Å². The van der Waals surface area contributed by atoms with Gasteiger partial charge in [0.1, 0.15) is 18.2 Å². The van der Waals surface area contributed by atoms with Crippen molar-refractivity contribution in [2.24, 2.45) is 0 Å². The van der Waals surface area contributed by atoms with Crippen molar-refractivity contribution in [1.82, 2.24) is 15.1 Å². The van der Waals surface area contributed by atoms with Gasteiger partial charge in [0.2, 0.25) is 11.8 Å². The highest BCUT2D eigenvalue weighted by atomic mass is 32.2. The fraction of sp³-hybridized carbons (Fsp3) is 0.593. The van der Waals surface area contributed by atoms with Crippen molar-refractivity contribution in [1.29, 1.82) is 0 Å². The Balaban J connectivity index is 1.82. The van der Waals surface area contributed by atoms with Gasteiger partial charge >= 0.3 is 0 Å². The third-order valence-corrected chi connectivity index (χ3v) is 7.69. The minimum absolute atomic E-state index is 0.0184. The van der Waals surface area contributed by atoms with E-state index in [1.165, 1.54) is 23.9 Å². The molecule has 0 radical (unpaired) electrons. The Hall–Kier alpha value is -2.39. The Morgan fingerprint density at radius 2 is 2.00 bits per heavy atom. The molecule has 2 aliphatic rings. The number of ether oxygens (including phenoxy) is 1. The molecule has 1 aromatic carbocycles. The molecule has 2 atom stereocenters. The Morgan fingerprint density at radius 1 is 1.25 bits per heavy atom. The molecule has 2 aromatic rings. The summed E-state index contributed by atoms with van der Waals surface area (Å²) < 4.78 is 21.8. The van der Waals surface area contributed by atoms with Gasteiger partial charge in [-0.2, -0.15) is 5.10 Å². The van der Waals surface area contributed by atoms with E-state index in [-0.39, 0.29) is 46.7 Å². The van der Waals surface area contributed by atoms with Gasteiger partial charge in [-0.1, -0.05) is 32.9 Å². The third kappa shape index (κ3) is 5.62. The fourth-order valence-electron chi connectivity index (χ4n) is 4.71. The summed E-state index contributed by atoms with van der Waals surface area (Å²) in [6, 6.07) is 6.53. The maximum atomic E-state index is 14.3. The maximum Gasteiger partial charge on any atom is 0.240 e. The number of rotatable bonds is 5. The van der Waals surface area contributed by atoms with Gasteiger partial charge in [0, 0.05) is 24.1 Å². The summed E-state index contributed by atoms with van der Waals surface area (Å²) in [5.74, 6) is 0.0547. The van der Waals surface area contributed by atoms with Gasteiger partial charge < -0.3 is 10.1 Å². The molecule has 3 heterocycles. The molecule has 2 amide bonds. The lowest BCUT2D eigenvalue weighted by atomic mass is 9.87. The molecule has 7 nitrogen and oxygen atoms in total. The molecule has 0 aliphatic carbocycles. The molecule has 1 aromatic heterocycles. The molecule has 0 bridgehead atoms. The Morgan fingerprint density at radius 3 is 2.61 bits per heavy atom. The van der Waals surface area contributed by atoms with Crippen molar-refractivity contribution in [2.75, 3.05) is 30.3 Å². The van der Waals surface area contributed by atoms with E-state index in [0.717, 1.165) is 29.7 Å². The van der Waals surface area contributed by atoms with Crippen molar-refractivity contribution in [3.05, 3.63) is 46.9 Å². The smallest absolute Gasteiger partial charge is 0.240 e. The Bertz CT molecular complexity index is 1130. The zero-order chi connectivity index (χ0) is 26.3. The van der Waals surface area contributed by atoms with Crippen LogP contribution in [0.2, 0.25) is 0 Å². The standard InChI is InChI=1S/C27H37FN4O3S/c1-26(2,3)24-22-23(17-9-7-10-18(28)13-17)36-16-21(34)31(25(22)32(30-24)27(4,5)6)15-20(33)29-14-19-11-8-12-35-19/h7,9-10,13,19,23H,8,11-12,14-16H2,1-6H3,(H,29,33). The summed E-state index contributed by atoms with van der Waals surface area (Å²) in [5, 5.41) is 7.68. The normalized spacial score (nSPS) is 20.9.